The molecule has 2 amide bonds. The van der Waals surface area contributed by atoms with Gasteiger partial charge < -0.3 is 10.6 Å². The molecule has 0 bridgehead atoms. The smallest absolute Gasteiger partial charge is 0.244 e. The number of aromatic nitrogens is 2. The molecular formula is C21H19Cl2N5O2S. The fourth-order valence-corrected chi connectivity index (χ4v) is 3.89. The van der Waals surface area contributed by atoms with Crippen LogP contribution in [0.4, 0.5) is 16.6 Å². The van der Waals surface area contributed by atoms with E-state index in [2.05, 4.69) is 20.6 Å². The Hall–Kier alpha value is -2.94. The first-order chi connectivity index (χ1) is 14.9. The monoisotopic (exact) mass is 475 g/mol. The normalized spacial score (nSPS) is 10.8. The average molecular weight is 476 g/mol. The summed E-state index contributed by atoms with van der Waals surface area (Å²) in [5, 5.41) is 8.96. The van der Waals surface area contributed by atoms with Gasteiger partial charge in [0.15, 0.2) is 5.13 Å². The quantitative estimate of drug-likeness (QED) is 0.361. The zero-order chi connectivity index (χ0) is 22.2. The number of hydrogen-bond acceptors (Lipinski definition) is 6. The molecular weight excluding hydrogens is 457 g/mol. The molecule has 0 unspecified atom stereocenters. The van der Waals surface area contributed by atoms with Crippen molar-refractivity contribution in [2.45, 2.75) is 6.92 Å². The number of anilines is 3. The molecule has 2 aromatic heterocycles. The van der Waals surface area contributed by atoms with Crippen LogP contribution >= 0.6 is 34.5 Å². The number of halogens is 2. The van der Waals surface area contributed by atoms with E-state index in [9.17, 15) is 9.59 Å². The largest absolute Gasteiger partial charge is 0.367 e. The first kappa shape index (κ1) is 22.7. The highest BCUT2D eigenvalue weighted by Gasteiger charge is 2.17. The van der Waals surface area contributed by atoms with E-state index >= 15 is 0 Å². The average Bonchev–Trinajstić information content (AvgIpc) is 3.20. The van der Waals surface area contributed by atoms with Gasteiger partial charge in [0.25, 0.3) is 0 Å². The second-order valence-electron chi connectivity index (χ2n) is 6.28. The third-order valence-electron chi connectivity index (χ3n) is 3.96. The number of para-hydroxylation sites is 1. The van der Waals surface area contributed by atoms with Crippen molar-refractivity contribution in [1.29, 1.82) is 0 Å². The minimum atomic E-state index is -0.266. The molecule has 0 saturated heterocycles. The second kappa shape index (κ2) is 10.9. The molecule has 10 heteroatoms. The lowest BCUT2D eigenvalue weighted by Gasteiger charge is -2.17. The minimum Gasteiger partial charge on any atom is -0.367 e. The van der Waals surface area contributed by atoms with E-state index < -0.39 is 0 Å². The fraction of sp³-hybridized carbons (Fsp3) is 0.143. The highest BCUT2D eigenvalue weighted by atomic mass is 35.5. The number of nitrogens with zero attached hydrogens (tertiary/aromatic N) is 3. The lowest BCUT2D eigenvalue weighted by atomic mass is 10.3. The van der Waals surface area contributed by atoms with Crippen molar-refractivity contribution in [2.75, 3.05) is 23.3 Å². The van der Waals surface area contributed by atoms with Crippen LogP contribution in [-0.2, 0) is 9.59 Å². The second-order valence-corrected chi connectivity index (χ2v) is 7.96. The SMILES string of the molecule is CC(=O)N(c1ccccc1)c1nc(C=CC(=O)NCCNc2ncc(Cl)cc2Cl)cs1. The van der Waals surface area contributed by atoms with Gasteiger partial charge in [-0.15, -0.1) is 11.3 Å². The molecule has 0 aliphatic heterocycles. The van der Waals surface area contributed by atoms with E-state index in [0.29, 0.717) is 39.8 Å². The number of rotatable bonds is 8. The van der Waals surface area contributed by atoms with Crippen LogP contribution in [0.2, 0.25) is 10.0 Å². The van der Waals surface area contributed by atoms with Gasteiger partial charge in [0.05, 0.1) is 21.4 Å². The topological polar surface area (TPSA) is 87.2 Å². The van der Waals surface area contributed by atoms with Gasteiger partial charge >= 0.3 is 0 Å². The van der Waals surface area contributed by atoms with Gasteiger partial charge in [-0.25, -0.2) is 9.97 Å². The van der Waals surface area contributed by atoms with E-state index in [-0.39, 0.29) is 11.8 Å². The maximum absolute atomic E-state index is 12.1. The van der Waals surface area contributed by atoms with Gasteiger partial charge in [0.2, 0.25) is 11.8 Å². The molecule has 1 aromatic carbocycles. The Morgan fingerprint density at radius 1 is 1.19 bits per heavy atom. The molecule has 0 atom stereocenters. The number of carbonyl (C=O) groups is 2. The van der Waals surface area contributed by atoms with Crippen molar-refractivity contribution in [3.8, 4) is 0 Å². The Morgan fingerprint density at radius 2 is 1.97 bits per heavy atom. The van der Waals surface area contributed by atoms with Gasteiger partial charge in [-0.2, -0.15) is 0 Å². The van der Waals surface area contributed by atoms with Crippen molar-refractivity contribution in [3.05, 3.63) is 69.8 Å². The van der Waals surface area contributed by atoms with Crippen LogP contribution in [0.1, 0.15) is 12.6 Å². The Balaban J connectivity index is 1.52. The Labute approximate surface area is 193 Å². The third kappa shape index (κ3) is 6.52. The summed E-state index contributed by atoms with van der Waals surface area (Å²) in [5.41, 5.74) is 1.33. The molecule has 0 saturated carbocycles. The predicted molar refractivity (Wildman–Crippen MR) is 126 cm³/mol. The number of hydrogen-bond donors (Lipinski definition) is 2. The van der Waals surface area contributed by atoms with Crippen LogP contribution in [-0.4, -0.2) is 34.9 Å². The molecule has 31 heavy (non-hydrogen) atoms. The lowest BCUT2D eigenvalue weighted by molar-refractivity contribution is -0.117. The Morgan fingerprint density at radius 3 is 2.68 bits per heavy atom. The van der Waals surface area contributed by atoms with Crippen LogP contribution in [0.3, 0.4) is 0 Å². The van der Waals surface area contributed by atoms with Crippen LogP contribution in [0, 0.1) is 0 Å². The fourth-order valence-electron chi connectivity index (χ4n) is 2.59. The van der Waals surface area contributed by atoms with E-state index in [4.69, 9.17) is 23.2 Å². The first-order valence-corrected chi connectivity index (χ1v) is 10.9. The van der Waals surface area contributed by atoms with Gasteiger partial charge in [-0.1, -0.05) is 41.4 Å². The summed E-state index contributed by atoms with van der Waals surface area (Å²) in [7, 11) is 0. The number of pyridine rings is 1. The molecule has 0 aliphatic rings. The maximum atomic E-state index is 12.1. The lowest BCUT2D eigenvalue weighted by Crippen LogP contribution is -2.27. The summed E-state index contributed by atoms with van der Waals surface area (Å²) in [4.78, 5) is 34.2. The molecule has 3 rings (SSSR count). The zero-order valence-electron chi connectivity index (χ0n) is 16.5. The van der Waals surface area contributed by atoms with Crippen molar-refractivity contribution in [3.63, 3.8) is 0 Å². The Bertz CT molecular complexity index is 1090. The summed E-state index contributed by atoms with van der Waals surface area (Å²) in [6, 6.07) is 10.9. The summed E-state index contributed by atoms with van der Waals surface area (Å²) in [5.74, 6) is 0.0916. The molecule has 2 heterocycles. The van der Waals surface area contributed by atoms with E-state index in [0.717, 1.165) is 5.69 Å². The van der Waals surface area contributed by atoms with Crippen molar-refractivity contribution in [2.24, 2.45) is 0 Å². The Kier molecular flexibility index (Phi) is 8.00. The molecule has 2 N–H and O–H groups in total. The summed E-state index contributed by atoms with van der Waals surface area (Å²) < 4.78 is 0. The molecule has 3 aromatic rings. The maximum Gasteiger partial charge on any atom is 0.244 e. The summed E-state index contributed by atoms with van der Waals surface area (Å²) in [6.45, 7) is 2.30. The number of thiazole rings is 1. The first-order valence-electron chi connectivity index (χ1n) is 9.26. The number of carbonyl (C=O) groups excluding carboxylic acids is 2. The van der Waals surface area contributed by atoms with Crippen molar-refractivity contribution < 1.29 is 9.59 Å². The van der Waals surface area contributed by atoms with Crippen LogP contribution in [0.25, 0.3) is 6.08 Å². The van der Waals surface area contributed by atoms with Crippen LogP contribution in [0.15, 0.2) is 54.1 Å². The van der Waals surface area contributed by atoms with Gasteiger partial charge in [0.1, 0.15) is 5.82 Å². The van der Waals surface area contributed by atoms with Gasteiger partial charge in [0, 0.05) is 37.7 Å². The highest BCUT2D eigenvalue weighted by molar-refractivity contribution is 7.14. The molecule has 0 radical (unpaired) electrons. The van der Waals surface area contributed by atoms with Crippen LogP contribution < -0.4 is 15.5 Å². The zero-order valence-corrected chi connectivity index (χ0v) is 18.8. The number of amides is 2. The molecule has 7 nitrogen and oxygen atoms in total. The molecule has 160 valence electrons. The van der Waals surface area contributed by atoms with E-state index in [1.807, 2.05) is 30.3 Å². The predicted octanol–water partition coefficient (Wildman–Crippen LogP) is 4.77. The van der Waals surface area contributed by atoms with Gasteiger partial charge in [-0.3, -0.25) is 14.5 Å². The molecule has 0 fully saturated rings. The van der Waals surface area contributed by atoms with Crippen molar-refractivity contribution >= 4 is 69.1 Å². The molecule has 0 aliphatic carbocycles. The van der Waals surface area contributed by atoms with Gasteiger partial charge in [-0.05, 0) is 24.3 Å². The molecule has 0 spiro atoms. The number of benzene rings is 1. The highest BCUT2D eigenvalue weighted by Crippen LogP contribution is 2.29. The number of nitrogens with one attached hydrogen (secondary N) is 2. The standard InChI is InChI=1S/C21H19Cl2N5O2S/c1-14(29)28(17-5-3-2-4-6-17)21-27-16(13-31-21)7-8-19(30)24-9-10-25-20-18(23)11-15(22)12-26-20/h2-8,11-13H,9-10H2,1H3,(H,24,30)(H,25,26). The summed E-state index contributed by atoms with van der Waals surface area (Å²) in [6.07, 6.45) is 4.49. The third-order valence-corrected chi connectivity index (χ3v) is 5.30. The summed E-state index contributed by atoms with van der Waals surface area (Å²) >= 11 is 13.2. The van der Waals surface area contributed by atoms with E-state index in [1.165, 1.54) is 35.4 Å². The van der Waals surface area contributed by atoms with Crippen molar-refractivity contribution in [1.82, 2.24) is 15.3 Å². The van der Waals surface area contributed by atoms with Crippen LogP contribution in [0.5, 0.6) is 0 Å². The minimum absolute atomic E-state index is 0.142. The van der Waals surface area contributed by atoms with E-state index in [1.54, 1.807) is 17.5 Å².